The molecule has 0 bridgehead atoms. The predicted molar refractivity (Wildman–Crippen MR) is 74.5 cm³/mol. The Morgan fingerprint density at radius 3 is 2.79 bits per heavy atom. The van der Waals surface area contributed by atoms with Gasteiger partial charge in [0.1, 0.15) is 0 Å². The lowest BCUT2D eigenvalue weighted by atomic mass is 10.0. The van der Waals surface area contributed by atoms with Crippen molar-refractivity contribution in [3.05, 3.63) is 48.4 Å². The van der Waals surface area contributed by atoms with Crippen molar-refractivity contribution in [1.29, 1.82) is 0 Å². The van der Waals surface area contributed by atoms with Crippen LogP contribution < -0.4 is 5.73 Å². The number of nitrogens with zero attached hydrogens (tertiary/aromatic N) is 2. The highest BCUT2D eigenvalue weighted by atomic mass is 16.5. The smallest absolute Gasteiger partial charge is 0.243 e. The Labute approximate surface area is 111 Å². The second kappa shape index (κ2) is 4.82. The number of nitrogens with two attached hydrogens (primary N) is 1. The van der Waals surface area contributed by atoms with Gasteiger partial charge in [-0.15, -0.1) is 0 Å². The van der Waals surface area contributed by atoms with Gasteiger partial charge in [0, 0.05) is 5.56 Å². The summed E-state index contributed by atoms with van der Waals surface area (Å²) in [7, 11) is 0. The molecular formula is C15H15N3O. The topological polar surface area (TPSA) is 64.9 Å². The summed E-state index contributed by atoms with van der Waals surface area (Å²) in [5.41, 5.74) is 6.87. The van der Waals surface area contributed by atoms with E-state index < -0.39 is 0 Å². The van der Waals surface area contributed by atoms with Crippen molar-refractivity contribution in [3.8, 4) is 11.4 Å². The largest absolute Gasteiger partial charge is 0.337 e. The van der Waals surface area contributed by atoms with Crippen LogP contribution in [0.2, 0.25) is 0 Å². The van der Waals surface area contributed by atoms with Gasteiger partial charge in [-0.05, 0) is 17.2 Å². The van der Waals surface area contributed by atoms with E-state index in [1.54, 1.807) is 0 Å². The lowest BCUT2D eigenvalue weighted by Crippen LogP contribution is -2.08. The van der Waals surface area contributed by atoms with Gasteiger partial charge < -0.3 is 10.3 Å². The number of aromatic nitrogens is 2. The highest BCUT2D eigenvalue weighted by Gasteiger charge is 2.15. The van der Waals surface area contributed by atoms with Crippen molar-refractivity contribution in [2.45, 2.75) is 19.4 Å². The summed E-state index contributed by atoms with van der Waals surface area (Å²) in [6.45, 7) is 1.99. The van der Waals surface area contributed by atoms with Gasteiger partial charge in [0.2, 0.25) is 11.7 Å². The van der Waals surface area contributed by atoms with E-state index in [1.807, 2.05) is 31.2 Å². The first-order valence-corrected chi connectivity index (χ1v) is 6.37. The average Bonchev–Trinajstić information content (AvgIpc) is 2.95. The van der Waals surface area contributed by atoms with Gasteiger partial charge in [0.25, 0.3) is 0 Å². The molecule has 1 heterocycles. The van der Waals surface area contributed by atoms with Gasteiger partial charge in [0.05, 0.1) is 6.04 Å². The summed E-state index contributed by atoms with van der Waals surface area (Å²) in [5, 5.41) is 6.31. The van der Waals surface area contributed by atoms with E-state index in [0.717, 1.165) is 22.8 Å². The second-order valence-corrected chi connectivity index (χ2v) is 4.50. The zero-order chi connectivity index (χ0) is 13.2. The molecule has 1 aromatic heterocycles. The number of benzene rings is 2. The molecule has 0 radical (unpaired) electrons. The van der Waals surface area contributed by atoms with E-state index >= 15 is 0 Å². The molecule has 96 valence electrons. The van der Waals surface area contributed by atoms with Crippen LogP contribution in [0.15, 0.2) is 47.0 Å². The fourth-order valence-electron chi connectivity index (χ4n) is 2.09. The Hall–Kier alpha value is -2.20. The van der Waals surface area contributed by atoms with Gasteiger partial charge in [-0.2, -0.15) is 4.98 Å². The maximum absolute atomic E-state index is 5.90. The van der Waals surface area contributed by atoms with Crippen molar-refractivity contribution in [2.75, 3.05) is 0 Å². The minimum atomic E-state index is -0.198. The zero-order valence-corrected chi connectivity index (χ0v) is 10.7. The maximum Gasteiger partial charge on any atom is 0.243 e. The van der Waals surface area contributed by atoms with Crippen molar-refractivity contribution in [1.82, 2.24) is 10.1 Å². The highest BCUT2D eigenvalue weighted by molar-refractivity contribution is 5.94. The third-order valence-corrected chi connectivity index (χ3v) is 3.23. The first-order chi connectivity index (χ1) is 9.29. The van der Waals surface area contributed by atoms with Crippen LogP contribution in [0.5, 0.6) is 0 Å². The van der Waals surface area contributed by atoms with E-state index in [2.05, 4.69) is 28.3 Å². The van der Waals surface area contributed by atoms with Crippen molar-refractivity contribution < 1.29 is 4.52 Å². The molecule has 0 saturated heterocycles. The van der Waals surface area contributed by atoms with Crippen molar-refractivity contribution in [3.63, 3.8) is 0 Å². The fraction of sp³-hybridized carbons (Fsp3) is 0.200. The molecule has 4 heteroatoms. The van der Waals surface area contributed by atoms with E-state index in [9.17, 15) is 0 Å². The van der Waals surface area contributed by atoms with Gasteiger partial charge in [0.15, 0.2) is 0 Å². The van der Waals surface area contributed by atoms with Crippen LogP contribution in [0.4, 0.5) is 0 Å². The normalized spacial score (nSPS) is 12.7. The first kappa shape index (κ1) is 11.9. The Morgan fingerprint density at radius 1 is 1.16 bits per heavy atom. The van der Waals surface area contributed by atoms with Crippen LogP contribution >= 0.6 is 0 Å². The maximum atomic E-state index is 5.90. The Kier molecular flexibility index (Phi) is 3.01. The van der Waals surface area contributed by atoms with Crippen LogP contribution in [0.1, 0.15) is 25.3 Å². The molecule has 0 saturated carbocycles. The van der Waals surface area contributed by atoms with Gasteiger partial charge in [-0.3, -0.25) is 0 Å². The molecule has 19 heavy (non-hydrogen) atoms. The summed E-state index contributed by atoms with van der Waals surface area (Å²) in [4.78, 5) is 4.40. The summed E-state index contributed by atoms with van der Waals surface area (Å²) in [6.07, 6.45) is 0.775. The molecule has 2 aromatic carbocycles. The lowest BCUT2D eigenvalue weighted by Gasteiger charge is -2.02. The molecule has 0 fully saturated rings. The SMILES string of the molecule is CCC(N)c1nc(-c2cccc3ccccc23)no1. The van der Waals surface area contributed by atoms with Crippen molar-refractivity contribution >= 4 is 10.8 Å². The minimum Gasteiger partial charge on any atom is -0.337 e. The molecule has 1 atom stereocenters. The molecule has 0 aliphatic rings. The molecule has 2 N–H and O–H groups in total. The molecular weight excluding hydrogens is 238 g/mol. The molecule has 3 aromatic rings. The molecule has 0 aliphatic carbocycles. The number of hydrogen-bond acceptors (Lipinski definition) is 4. The molecule has 0 spiro atoms. The Bertz CT molecular complexity index is 700. The van der Waals surface area contributed by atoms with Crippen LogP contribution in [-0.2, 0) is 0 Å². The third-order valence-electron chi connectivity index (χ3n) is 3.23. The summed E-state index contributed by atoms with van der Waals surface area (Å²) < 4.78 is 5.23. The zero-order valence-electron chi connectivity index (χ0n) is 10.7. The van der Waals surface area contributed by atoms with E-state index in [4.69, 9.17) is 10.3 Å². The van der Waals surface area contributed by atoms with Crippen LogP contribution in [-0.4, -0.2) is 10.1 Å². The van der Waals surface area contributed by atoms with E-state index in [0.29, 0.717) is 11.7 Å². The molecule has 0 aliphatic heterocycles. The van der Waals surface area contributed by atoms with Crippen LogP contribution in [0.25, 0.3) is 22.2 Å². The molecule has 1 unspecified atom stereocenters. The van der Waals surface area contributed by atoms with Gasteiger partial charge >= 0.3 is 0 Å². The monoisotopic (exact) mass is 253 g/mol. The summed E-state index contributed by atoms with van der Waals surface area (Å²) >= 11 is 0. The Morgan fingerprint density at radius 2 is 1.95 bits per heavy atom. The molecule has 4 nitrogen and oxygen atoms in total. The summed E-state index contributed by atoms with van der Waals surface area (Å²) in [6, 6.07) is 14.0. The average molecular weight is 253 g/mol. The van der Waals surface area contributed by atoms with Crippen LogP contribution in [0.3, 0.4) is 0 Å². The highest BCUT2D eigenvalue weighted by Crippen LogP contribution is 2.27. The Balaban J connectivity index is 2.12. The van der Waals surface area contributed by atoms with E-state index in [1.165, 1.54) is 0 Å². The molecule has 3 rings (SSSR count). The number of rotatable bonds is 3. The fourth-order valence-corrected chi connectivity index (χ4v) is 2.09. The second-order valence-electron chi connectivity index (χ2n) is 4.50. The molecule has 0 amide bonds. The van der Waals surface area contributed by atoms with Crippen LogP contribution in [0, 0.1) is 0 Å². The van der Waals surface area contributed by atoms with Gasteiger partial charge in [-0.25, -0.2) is 0 Å². The summed E-state index contributed by atoms with van der Waals surface area (Å²) in [5.74, 6) is 1.08. The van der Waals surface area contributed by atoms with Gasteiger partial charge in [-0.1, -0.05) is 54.5 Å². The number of hydrogen-bond donors (Lipinski definition) is 1. The predicted octanol–water partition coefficient (Wildman–Crippen LogP) is 3.30. The lowest BCUT2D eigenvalue weighted by molar-refractivity contribution is 0.352. The standard InChI is InChI=1S/C15H15N3O/c1-2-13(16)15-17-14(18-19-15)12-9-5-7-10-6-3-4-8-11(10)12/h3-9,13H,2,16H2,1H3. The first-order valence-electron chi connectivity index (χ1n) is 6.37. The minimum absolute atomic E-state index is 0.198. The third kappa shape index (κ3) is 2.11. The van der Waals surface area contributed by atoms with Crippen molar-refractivity contribution in [2.24, 2.45) is 5.73 Å². The van der Waals surface area contributed by atoms with E-state index in [-0.39, 0.29) is 6.04 Å². The number of fused-ring (bicyclic) bond motifs is 1. The quantitative estimate of drug-likeness (QED) is 0.777.